The Morgan fingerprint density at radius 1 is 1.43 bits per heavy atom. The van der Waals surface area contributed by atoms with Crippen LogP contribution in [0.15, 0.2) is 18.2 Å². The van der Waals surface area contributed by atoms with Crippen molar-refractivity contribution in [3.8, 4) is 0 Å². The van der Waals surface area contributed by atoms with Crippen molar-refractivity contribution in [2.24, 2.45) is 0 Å². The number of fused-ring (bicyclic) bond motifs is 1. The summed E-state index contributed by atoms with van der Waals surface area (Å²) >= 11 is 6.75. The van der Waals surface area contributed by atoms with Crippen molar-refractivity contribution in [1.82, 2.24) is 5.32 Å². The summed E-state index contributed by atoms with van der Waals surface area (Å²) in [6.07, 6.45) is -3.85. The van der Waals surface area contributed by atoms with Crippen LogP contribution in [0.25, 0.3) is 10.1 Å². The Morgan fingerprint density at radius 2 is 2.10 bits per heavy atom. The van der Waals surface area contributed by atoms with Crippen LogP contribution in [-0.4, -0.2) is 24.8 Å². The summed E-state index contributed by atoms with van der Waals surface area (Å²) in [5.74, 6) is -5.21. The van der Waals surface area contributed by atoms with E-state index >= 15 is 0 Å². The van der Waals surface area contributed by atoms with Crippen LogP contribution in [0.3, 0.4) is 0 Å². The molecule has 1 amide bonds. The molecule has 0 aliphatic carbocycles. The van der Waals surface area contributed by atoms with Gasteiger partial charge in [-0.1, -0.05) is 11.6 Å². The van der Waals surface area contributed by atoms with Crippen molar-refractivity contribution in [2.45, 2.75) is 12.3 Å². The molecular weight excluding hydrogens is 332 g/mol. The monoisotopic (exact) mass is 340 g/mol. The Hall–Kier alpha value is -1.54. The number of hydrogen-bond acceptors (Lipinski definition) is 3. The zero-order valence-corrected chi connectivity index (χ0v) is 11.9. The van der Waals surface area contributed by atoms with E-state index in [0.717, 1.165) is 11.3 Å². The molecule has 114 valence electrons. The Morgan fingerprint density at radius 3 is 2.71 bits per heavy atom. The van der Waals surface area contributed by atoms with E-state index in [4.69, 9.17) is 17.3 Å². The first kappa shape index (κ1) is 15.8. The molecule has 3 nitrogen and oxygen atoms in total. The highest BCUT2D eigenvalue weighted by Gasteiger charge is 2.41. The van der Waals surface area contributed by atoms with Crippen molar-refractivity contribution in [2.75, 3.05) is 12.3 Å². The Kier molecular flexibility index (Phi) is 4.29. The van der Waals surface area contributed by atoms with E-state index in [2.05, 4.69) is 0 Å². The molecule has 0 aliphatic heterocycles. The number of alkyl halides is 4. The third-order valence-electron chi connectivity index (χ3n) is 2.70. The Labute approximate surface area is 125 Å². The summed E-state index contributed by atoms with van der Waals surface area (Å²) in [6.45, 7) is -1.46. The van der Waals surface area contributed by atoms with Crippen LogP contribution in [0.2, 0.25) is 5.02 Å². The number of anilines is 1. The molecular formula is C12H9ClF4N2OS. The van der Waals surface area contributed by atoms with Crippen LogP contribution >= 0.6 is 22.9 Å². The minimum Gasteiger partial charge on any atom is -0.397 e. The highest BCUT2D eigenvalue weighted by atomic mass is 35.5. The van der Waals surface area contributed by atoms with Crippen LogP contribution < -0.4 is 11.1 Å². The van der Waals surface area contributed by atoms with Crippen molar-refractivity contribution >= 4 is 44.6 Å². The Bertz CT molecular complexity index is 689. The van der Waals surface area contributed by atoms with Gasteiger partial charge in [-0.3, -0.25) is 4.79 Å². The molecule has 3 N–H and O–H groups in total. The van der Waals surface area contributed by atoms with Gasteiger partial charge in [0, 0.05) is 15.1 Å². The fourth-order valence-electron chi connectivity index (χ4n) is 1.61. The SMILES string of the molecule is Nc1c(C(=O)NCC(F)(F)C(F)F)sc2cc(Cl)ccc12. The fourth-order valence-corrected chi connectivity index (χ4v) is 2.93. The van der Waals surface area contributed by atoms with Crippen LogP contribution in [0.4, 0.5) is 23.2 Å². The molecule has 0 saturated heterocycles. The highest BCUT2D eigenvalue weighted by Crippen LogP contribution is 2.35. The molecule has 0 spiro atoms. The van der Waals surface area contributed by atoms with Gasteiger partial charge in [-0.05, 0) is 18.2 Å². The summed E-state index contributed by atoms with van der Waals surface area (Å²) in [4.78, 5) is 11.8. The van der Waals surface area contributed by atoms with E-state index in [9.17, 15) is 22.4 Å². The molecule has 0 fully saturated rings. The predicted molar refractivity (Wildman–Crippen MR) is 74.5 cm³/mol. The minimum atomic E-state index is -4.29. The number of thiophene rings is 1. The second kappa shape index (κ2) is 5.69. The van der Waals surface area contributed by atoms with Gasteiger partial charge >= 0.3 is 12.3 Å². The number of carbonyl (C=O) groups is 1. The molecule has 0 atom stereocenters. The lowest BCUT2D eigenvalue weighted by Gasteiger charge is -2.15. The normalized spacial score (nSPS) is 12.1. The molecule has 0 radical (unpaired) electrons. The lowest BCUT2D eigenvalue weighted by molar-refractivity contribution is -0.123. The van der Waals surface area contributed by atoms with Crippen molar-refractivity contribution < 1.29 is 22.4 Å². The van der Waals surface area contributed by atoms with Gasteiger partial charge in [0.05, 0.1) is 12.2 Å². The van der Waals surface area contributed by atoms with Gasteiger partial charge in [0.1, 0.15) is 4.88 Å². The molecule has 9 heteroatoms. The maximum absolute atomic E-state index is 12.8. The lowest BCUT2D eigenvalue weighted by atomic mass is 10.2. The van der Waals surface area contributed by atoms with Crippen LogP contribution in [-0.2, 0) is 0 Å². The summed E-state index contributed by atoms with van der Waals surface area (Å²) in [5, 5.41) is 2.75. The molecule has 21 heavy (non-hydrogen) atoms. The molecule has 0 unspecified atom stereocenters. The standard InChI is InChI=1S/C12H9ClF4N2OS/c13-5-1-2-6-7(3-5)21-9(8(6)18)10(20)19-4-12(16,17)11(14)15/h1-3,11H,4,18H2,(H,19,20). The molecule has 1 heterocycles. The maximum atomic E-state index is 12.8. The van der Waals surface area contributed by atoms with E-state index in [-0.39, 0.29) is 10.6 Å². The number of hydrogen-bond donors (Lipinski definition) is 2. The first-order chi connectivity index (χ1) is 9.72. The summed E-state index contributed by atoms with van der Waals surface area (Å²) in [6, 6.07) is 4.73. The summed E-state index contributed by atoms with van der Waals surface area (Å²) < 4.78 is 50.2. The summed E-state index contributed by atoms with van der Waals surface area (Å²) in [5.41, 5.74) is 5.86. The fraction of sp³-hybridized carbons (Fsp3) is 0.250. The van der Waals surface area contributed by atoms with E-state index in [0.29, 0.717) is 15.1 Å². The quantitative estimate of drug-likeness (QED) is 0.832. The van der Waals surface area contributed by atoms with Gasteiger partial charge in [0.2, 0.25) is 0 Å². The number of rotatable bonds is 4. The van der Waals surface area contributed by atoms with E-state index in [1.165, 1.54) is 0 Å². The molecule has 2 rings (SSSR count). The molecule has 0 bridgehead atoms. The van der Waals surface area contributed by atoms with Crippen molar-refractivity contribution in [3.05, 3.63) is 28.1 Å². The third kappa shape index (κ3) is 3.21. The van der Waals surface area contributed by atoms with Gasteiger partial charge in [0.15, 0.2) is 0 Å². The number of benzene rings is 1. The first-order valence-electron chi connectivity index (χ1n) is 5.64. The second-order valence-corrected chi connectivity index (χ2v) is 5.72. The Balaban J connectivity index is 2.22. The van der Waals surface area contributed by atoms with Crippen LogP contribution in [0.5, 0.6) is 0 Å². The van der Waals surface area contributed by atoms with Gasteiger partial charge in [-0.15, -0.1) is 11.3 Å². The van der Waals surface area contributed by atoms with E-state index < -0.39 is 24.8 Å². The van der Waals surface area contributed by atoms with Gasteiger partial charge < -0.3 is 11.1 Å². The average Bonchev–Trinajstić information content (AvgIpc) is 2.72. The van der Waals surface area contributed by atoms with Crippen LogP contribution in [0, 0.1) is 0 Å². The summed E-state index contributed by atoms with van der Waals surface area (Å²) in [7, 11) is 0. The number of halogens is 5. The smallest absolute Gasteiger partial charge is 0.324 e. The third-order valence-corrected chi connectivity index (χ3v) is 4.10. The van der Waals surface area contributed by atoms with Gasteiger partial charge in [0.25, 0.3) is 5.91 Å². The van der Waals surface area contributed by atoms with Crippen molar-refractivity contribution in [1.29, 1.82) is 0 Å². The minimum absolute atomic E-state index is 0.0164. The zero-order valence-electron chi connectivity index (χ0n) is 10.3. The largest absolute Gasteiger partial charge is 0.397 e. The van der Waals surface area contributed by atoms with Crippen LogP contribution in [0.1, 0.15) is 9.67 Å². The van der Waals surface area contributed by atoms with E-state index in [1.54, 1.807) is 23.5 Å². The molecule has 1 aromatic heterocycles. The number of nitrogens with one attached hydrogen (secondary N) is 1. The zero-order chi connectivity index (χ0) is 15.8. The lowest BCUT2D eigenvalue weighted by Crippen LogP contribution is -2.41. The van der Waals surface area contributed by atoms with Crippen molar-refractivity contribution in [3.63, 3.8) is 0 Å². The topological polar surface area (TPSA) is 55.1 Å². The maximum Gasteiger partial charge on any atom is 0.324 e. The number of carbonyl (C=O) groups excluding carboxylic acids is 1. The highest BCUT2D eigenvalue weighted by molar-refractivity contribution is 7.21. The predicted octanol–water partition coefficient (Wildman–Crippen LogP) is 3.77. The average molecular weight is 341 g/mol. The molecule has 1 aromatic carbocycles. The molecule has 2 aromatic rings. The second-order valence-electron chi connectivity index (χ2n) is 4.23. The van der Waals surface area contributed by atoms with Gasteiger partial charge in [-0.2, -0.15) is 8.78 Å². The number of nitrogens with two attached hydrogens (primary N) is 1. The molecule has 0 aliphatic rings. The van der Waals surface area contributed by atoms with E-state index in [1.807, 2.05) is 0 Å². The number of nitrogen functional groups attached to an aromatic ring is 1. The molecule has 0 saturated carbocycles. The van der Waals surface area contributed by atoms with Gasteiger partial charge in [-0.25, -0.2) is 8.78 Å². The number of amides is 1. The first-order valence-corrected chi connectivity index (χ1v) is 6.83.